The molecule has 0 bridgehead atoms. The first-order valence-corrected chi connectivity index (χ1v) is 8.72. The van der Waals surface area contributed by atoms with E-state index >= 15 is 0 Å². The number of nitrogens with zero attached hydrogens (tertiary/aromatic N) is 1. The Bertz CT molecular complexity index is 896. The molecular weight excluding hydrogens is 358 g/mol. The molecule has 2 aromatic carbocycles. The molecule has 2 amide bonds. The van der Waals surface area contributed by atoms with Crippen LogP contribution in [0.2, 0.25) is 5.02 Å². The Balaban J connectivity index is 1.60. The summed E-state index contributed by atoms with van der Waals surface area (Å²) in [5.74, 6) is -0.614. The highest BCUT2D eigenvalue weighted by atomic mass is 35.5. The molecule has 25 heavy (non-hydrogen) atoms. The Morgan fingerprint density at radius 2 is 1.84 bits per heavy atom. The topological polar surface area (TPSA) is 71.1 Å². The number of anilines is 1. The largest absolute Gasteiger partial charge is 0.347 e. The molecule has 0 aliphatic heterocycles. The summed E-state index contributed by atoms with van der Waals surface area (Å²) in [6, 6.07) is 16.2. The zero-order chi connectivity index (χ0) is 17.6. The minimum absolute atomic E-state index is 0.266. The molecule has 1 heterocycles. The normalized spacial score (nSPS) is 10.3. The highest BCUT2D eigenvalue weighted by Crippen LogP contribution is 2.18. The van der Waals surface area contributed by atoms with Gasteiger partial charge in [-0.2, -0.15) is 0 Å². The molecule has 0 fully saturated rings. The first kappa shape index (κ1) is 17.1. The summed E-state index contributed by atoms with van der Waals surface area (Å²) in [6.07, 6.45) is 0. The first-order valence-electron chi connectivity index (χ1n) is 7.46. The zero-order valence-electron chi connectivity index (χ0n) is 13.0. The third-order valence-electron chi connectivity index (χ3n) is 3.34. The van der Waals surface area contributed by atoms with Gasteiger partial charge in [0.1, 0.15) is 5.69 Å². The quantitative estimate of drug-likeness (QED) is 0.712. The van der Waals surface area contributed by atoms with Gasteiger partial charge < -0.3 is 5.32 Å². The lowest BCUT2D eigenvalue weighted by molar-refractivity contribution is 0.0945. The standard InChI is InChI=1S/C18H14ClN3O2S/c19-14-8-4-7-13(9-14)16(23)22-18-21-15(11-25-18)17(24)20-10-12-5-2-1-3-6-12/h1-9,11H,10H2,(H,20,24)(H,21,22,23). The zero-order valence-corrected chi connectivity index (χ0v) is 14.6. The fraction of sp³-hybridized carbons (Fsp3) is 0.0556. The molecule has 7 heteroatoms. The van der Waals surface area contributed by atoms with E-state index in [9.17, 15) is 9.59 Å². The van der Waals surface area contributed by atoms with Gasteiger partial charge in [0.05, 0.1) is 0 Å². The van der Waals surface area contributed by atoms with Gasteiger partial charge >= 0.3 is 0 Å². The molecule has 0 aliphatic rings. The molecule has 126 valence electrons. The van der Waals surface area contributed by atoms with Gasteiger partial charge in [-0.3, -0.25) is 14.9 Å². The molecule has 3 rings (SSSR count). The average Bonchev–Trinajstić information content (AvgIpc) is 3.09. The molecule has 0 saturated carbocycles. The predicted molar refractivity (Wildman–Crippen MR) is 99.1 cm³/mol. The fourth-order valence-corrected chi connectivity index (χ4v) is 2.98. The molecule has 0 radical (unpaired) electrons. The van der Waals surface area contributed by atoms with E-state index in [1.165, 1.54) is 11.3 Å². The SMILES string of the molecule is O=C(Nc1nc(C(=O)NCc2ccccc2)cs1)c1cccc(Cl)c1. The maximum absolute atomic E-state index is 12.2. The van der Waals surface area contributed by atoms with E-state index in [0.717, 1.165) is 5.56 Å². The molecule has 1 aromatic heterocycles. The van der Waals surface area contributed by atoms with Crippen LogP contribution in [0, 0.1) is 0 Å². The van der Waals surface area contributed by atoms with Crippen molar-refractivity contribution in [1.82, 2.24) is 10.3 Å². The van der Waals surface area contributed by atoms with Crippen LogP contribution >= 0.6 is 22.9 Å². The Labute approximate surface area is 153 Å². The van der Waals surface area contributed by atoms with Gasteiger partial charge in [0.25, 0.3) is 11.8 Å². The van der Waals surface area contributed by atoms with E-state index in [2.05, 4.69) is 15.6 Å². The molecule has 3 aromatic rings. The number of halogens is 1. The van der Waals surface area contributed by atoms with Crippen LogP contribution in [-0.2, 0) is 6.54 Å². The Kier molecular flexibility index (Phi) is 5.42. The molecule has 0 spiro atoms. The highest BCUT2D eigenvalue weighted by Gasteiger charge is 2.13. The van der Waals surface area contributed by atoms with Crippen LogP contribution in [0.5, 0.6) is 0 Å². The summed E-state index contributed by atoms with van der Waals surface area (Å²) in [6.45, 7) is 0.418. The van der Waals surface area contributed by atoms with E-state index < -0.39 is 0 Å². The minimum Gasteiger partial charge on any atom is -0.347 e. The average molecular weight is 372 g/mol. The van der Waals surface area contributed by atoms with Crippen molar-refractivity contribution >= 4 is 39.9 Å². The first-order chi connectivity index (χ1) is 12.1. The minimum atomic E-state index is -0.326. The van der Waals surface area contributed by atoms with Crippen LogP contribution in [0.3, 0.4) is 0 Å². The maximum atomic E-state index is 12.2. The van der Waals surface area contributed by atoms with Gasteiger partial charge in [0.15, 0.2) is 5.13 Å². The van der Waals surface area contributed by atoms with Crippen molar-refractivity contribution in [3.63, 3.8) is 0 Å². The Morgan fingerprint density at radius 1 is 1.04 bits per heavy atom. The van der Waals surface area contributed by atoms with Crippen molar-refractivity contribution in [3.05, 3.63) is 81.8 Å². The van der Waals surface area contributed by atoms with E-state index in [0.29, 0.717) is 22.3 Å². The molecule has 0 saturated heterocycles. The van der Waals surface area contributed by atoms with Crippen LogP contribution in [0.4, 0.5) is 5.13 Å². The molecular formula is C18H14ClN3O2S. The summed E-state index contributed by atoms with van der Waals surface area (Å²) >= 11 is 7.07. The smallest absolute Gasteiger partial charge is 0.271 e. The lowest BCUT2D eigenvalue weighted by Gasteiger charge is -2.03. The summed E-state index contributed by atoms with van der Waals surface area (Å²) in [7, 11) is 0. The third-order valence-corrected chi connectivity index (χ3v) is 4.33. The van der Waals surface area contributed by atoms with Crippen LogP contribution in [0.1, 0.15) is 26.4 Å². The van der Waals surface area contributed by atoms with Crippen molar-refractivity contribution in [2.24, 2.45) is 0 Å². The summed E-state index contributed by atoms with van der Waals surface area (Å²) < 4.78 is 0. The van der Waals surface area contributed by atoms with Crippen molar-refractivity contribution in [1.29, 1.82) is 0 Å². The second kappa shape index (κ2) is 7.92. The Morgan fingerprint density at radius 3 is 2.60 bits per heavy atom. The van der Waals surface area contributed by atoms with Gasteiger partial charge in [-0.1, -0.05) is 48.0 Å². The van der Waals surface area contributed by atoms with Gasteiger partial charge in [-0.05, 0) is 23.8 Å². The van der Waals surface area contributed by atoms with E-state index in [1.54, 1.807) is 29.6 Å². The van der Waals surface area contributed by atoms with Crippen LogP contribution < -0.4 is 10.6 Å². The molecule has 0 atom stereocenters. The number of amides is 2. The van der Waals surface area contributed by atoms with Crippen LogP contribution in [0.15, 0.2) is 60.0 Å². The predicted octanol–water partition coefficient (Wildman–Crippen LogP) is 3.98. The van der Waals surface area contributed by atoms with Crippen molar-refractivity contribution in [2.45, 2.75) is 6.54 Å². The second-order valence-electron chi connectivity index (χ2n) is 5.17. The summed E-state index contributed by atoms with van der Waals surface area (Å²) in [4.78, 5) is 28.4. The molecule has 0 aliphatic carbocycles. The number of carbonyl (C=O) groups is 2. The number of carbonyl (C=O) groups excluding carboxylic acids is 2. The fourth-order valence-electron chi connectivity index (χ4n) is 2.10. The van der Waals surface area contributed by atoms with E-state index in [1.807, 2.05) is 30.3 Å². The van der Waals surface area contributed by atoms with Gasteiger partial charge in [0.2, 0.25) is 0 Å². The number of thiazole rings is 1. The number of rotatable bonds is 5. The third kappa shape index (κ3) is 4.65. The number of hydrogen-bond acceptors (Lipinski definition) is 4. The Hall–Kier alpha value is -2.70. The molecule has 2 N–H and O–H groups in total. The van der Waals surface area contributed by atoms with E-state index in [4.69, 9.17) is 11.6 Å². The van der Waals surface area contributed by atoms with E-state index in [-0.39, 0.29) is 17.5 Å². The van der Waals surface area contributed by atoms with Crippen molar-refractivity contribution in [2.75, 3.05) is 5.32 Å². The molecule has 5 nitrogen and oxygen atoms in total. The van der Waals surface area contributed by atoms with Crippen molar-refractivity contribution < 1.29 is 9.59 Å². The van der Waals surface area contributed by atoms with Crippen molar-refractivity contribution in [3.8, 4) is 0 Å². The maximum Gasteiger partial charge on any atom is 0.271 e. The summed E-state index contributed by atoms with van der Waals surface area (Å²) in [5.41, 5.74) is 1.70. The van der Waals surface area contributed by atoms with Gasteiger partial charge in [-0.25, -0.2) is 4.98 Å². The van der Waals surface area contributed by atoms with Crippen LogP contribution in [0.25, 0.3) is 0 Å². The lowest BCUT2D eigenvalue weighted by atomic mass is 10.2. The number of benzene rings is 2. The van der Waals surface area contributed by atoms with Crippen LogP contribution in [-0.4, -0.2) is 16.8 Å². The lowest BCUT2D eigenvalue weighted by Crippen LogP contribution is -2.23. The molecule has 0 unspecified atom stereocenters. The highest BCUT2D eigenvalue weighted by molar-refractivity contribution is 7.14. The number of nitrogens with one attached hydrogen (secondary N) is 2. The number of aromatic nitrogens is 1. The van der Waals surface area contributed by atoms with Gasteiger partial charge in [-0.15, -0.1) is 11.3 Å². The summed E-state index contributed by atoms with van der Waals surface area (Å²) in [5, 5.41) is 7.90. The monoisotopic (exact) mass is 371 g/mol. The number of hydrogen-bond donors (Lipinski definition) is 2. The second-order valence-corrected chi connectivity index (χ2v) is 6.47. The van der Waals surface area contributed by atoms with Gasteiger partial charge in [0, 0.05) is 22.5 Å².